The Kier molecular flexibility index (Phi) is 6.17. The Balaban J connectivity index is 1.89. The van der Waals surface area contributed by atoms with Gasteiger partial charge in [-0.05, 0) is 67.4 Å². The van der Waals surface area contributed by atoms with E-state index >= 15 is 0 Å². The number of aryl methyl sites for hydroxylation is 2. The Morgan fingerprint density at radius 2 is 1.66 bits per heavy atom. The maximum absolute atomic E-state index is 13.0. The molecule has 29 heavy (non-hydrogen) atoms. The van der Waals surface area contributed by atoms with Gasteiger partial charge >= 0.3 is 0 Å². The van der Waals surface area contributed by atoms with Crippen molar-refractivity contribution in [1.29, 1.82) is 0 Å². The van der Waals surface area contributed by atoms with Crippen molar-refractivity contribution < 1.29 is 9.00 Å². The number of carbonyl (C=O) groups is 1. The maximum Gasteiger partial charge on any atom is 0.286 e. The van der Waals surface area contributed by atoms with E-state index < -0.39 is 15.6 Å². The summed E-state index contributed by atoms with van der Waals surface area (Å²) >= 11 is 5.87. The Hall–Kier alpha value is -2.94. The van der Waals surface area contributed by atoms with Crippen LogP contribution in [0.5, 0.6) is 0 Å². The highest BCUT2D eigenvalue weighted by atomic mass is 35.5. The van der Waals surface area contributed by atoms with E-state index in [1.165, 1.54) is 12.5 Å². The van der Waals surface area contributed by atoms with Gasteiger partial charge in [-0.3, -0.25) is 9.78 Å². The second kappa shape index (κ2) is 8.60. The van der Waals surface area contributed by atoms with Crippen LogP contribution in [0.25, 0.3) is 0 Å². The fourth-order valence-electron chi connectivity index (χ4n) is 2.52. The highest BCUT2D eigenvalue weighted by molar-refractivity contribution is 7.93. The van der Waals surface area contributed by atoms with Gasteiger partial charge in [0, 0.05) is 39.7 Å². The van der Waals surface area contributed by atoms with Gasteiger partial charge < -0.3 is 0 Å². The van der Waals surface area contributed by atoms with Gasteiger partial charge in [0.1, 0.15) is 0 Å². The van der Waals surface area contributed by atoms with Crippen LogP contribution in [0.2, 0.25) is 5.02 Å². The van der Waals surface area contributed by atoms with Gasteiger partial charge in [-0.25, -0.2) is 4.21 Å². The molecule has 2 aromatic carbocycles. The number of hydrogen-bond acceptors (Lipinski definition) is 3. The lowest BCUT2D eigenvalue weighted by Gasteiger charge is -2.07. The van der Waals surface area contributed by atoms with Gasteiger partial charge in [-0.1, -0.05) is 29.5 Å². The van der Waals surface area contributed by atoms with E-state index in [0.717, 1.165) is 16.7 Å². The molecule has 1 aromatic heterocycles. The molecule has 0 saturated carbocycles. The quantitative estimate of drug-likeness (QED) is 0.543. The summed E-state index contributed by atoms with van der Waals surface area (Å²) in [5.41, 5.74) is 3.69. The predicted molar refractivity (Wildman–Crippen MR) is 117 cm³/mol. The molecule has 0 saturated heterocycles. The van der Waals surface area contributed by atoms with Crippen molar-refractivity contribution in [3.05, 3.63) is 93.8 Å². The van der Waals surface area contributed by atoms with E-state index in [1.807, 2.05) is 32.0 Å². The predicted octanol–water partition coefficient (Wildman–Crippen LogP) is 5.05. The highest BCUT2D eigenvalue weighted by Crippen LogP contribution is 2.17. The summed E-state index contributed by atoms with van der Waals surface area (Å²) in [6.07, 6.45) is 4.42. The Morgan fingerprint density at radius 1 is 0.966 bits per heavy atom. The van der Waals surface area contributed by atoms with Crippen LogP contribution in [0.1, 0.15) is 32.6 Å². The molecule has 4 nitrogen and oxygen atoms in total. The van der Waals surface area contributed by atoms with Crippen molar-refractivity contribution in [3.8, 4) is 11.8 Å². The fraction of sp³-hybridized carbons (Fsp3) is 0.130. The summed E-state index contributed by atoms with van der Waals surface area (Å²) in [5.74, 6) is 5.37. The topological polar surface area (TPSA) is 59.4 Å². The lowest BCUT2D eigenvalue weighted by molar-refractivity contribution is 0.100. The molecular formula is C23H19ClN2O2S. The van der Waals surface area contributed by atoms with E-state index in [1.54, 1.807) is 36.5 Å². The summed E-state index contributed by atoms with van der Waals surface area (Å²) in [5, 5.41) is 0.637. The smallest absolute Gasteiger partial charge is 0.266 e. The van der Waals surface area contributed by atoms with Crippen LogP contribution in [0.4, 0.5) is 0 Å². The number of aromatic nitrogens is 1. The van der Waals surface area contributed by atoms with Crippen LogP contribution in [0.15, 0.2) is 70.2 Å². The maximum atomic E-state index is 13.0. The largest absolute Gasteiger partial charge is 0.286 e. The molecule has 6 heteroatoms. The number of benzene rings is 2. The number of rotatable bonds is 2. The molecule has 1 unspecified atom stereocenters. The Morgan fingerprint density at radius 3 is 2.34 bits per heavy atom. The minimum absolute atomic E-state index is 0.242. The van der Waals surface area contributed by atoms with Gasteiger partial charge in [0.25, 0.3) is 5.91 Å². The first-order chi connectivity index (χ1) is 13.7. The summed E-state index contributed by atoms with van der Waals surface area (Å²) < 4.78 is 17.0. The first-order valence-corrected chi connectivity index (χ1v) is 11.1. The Labute approximate surface area is 176 Å². The van der Waals surface area contributed by atoms with Gasteiger partial charge in [0.15, 0.2) is 0 Å². The molecule has 146 valence electrons. The van der Waals surface area contributed by atoms with Crippen LogP contribution in [0.3, 0.4) is 0 Å². The van der Waals surface area contributed by atoms with Crippen LogP contribution in [-0.4, -0.2) is 21.4 Å². The van der Waals surface area contributed by atoms with Crippen molar-refractivity contribution >= 4 is 27.2 Å². The van der Waals surface area contributed by atoms with E-state index in [-0.39, 0.29) is 5.56 Å². The van der Waals surface area contributed by atoms with E-state index in [4.69, 9.17) is 11.6 Å². The van der Waals surface area contributed by atoms with Gasteiger partial charge in [0.2, 0.25) is 0 Å². The monoisotopic (exact) mass is 422 g/mol. The number of halogens is 1. The molecule has 1 amide bonds. The molecule has 0 N–H and O–H groups in total. The van der Waals surface area contributed by atoms with Crippen LogP contribution in [-0.2, 0) is 9.73 Å². The molecule has 3 aromatic rings. The number of pyridine rings is 1. The highest BCUT2D eigenvalue weighted by Gasteiger charge is 2.13. The first kappa shape index (κ1) is 20.8. The van der Waals surface area contributed by atoms with E-state index in [2.05, 4.69) is 21.2 Å². The zero-order chi connectivity index (χ0) is 21.0. The van der Waals surface area contributed by atoms with Crippen molar-refractivity contribution in [2.24, 2.45) is 4.36 Å². The van der Waals surface area contributed by atoms with E-state index in [9.17, 15) is 9.00 Å². The van der Waals surface area contributed by atoms with Gasteiger partial charge in [0.05, 0.1) is 15.3 Å². The third kappa shape index (κ3) is 5.32. The molecule has 0 radical (unpaired) electrons. The zero-order valence-electron chi connectivity index (χ0n) is 16.3. The lowest BCUT2D eigenvalue weighted by Crippen LogP contribution is -2.05. The summed E-state index contributed by atoms with van der Waals surface area (Å²) in [6, 6.07) is 14.2. The average molecular weight is 423 g/mol. The number of nitrogens with zero attached hydrogens (tertiary/aromatic N) is 2. The second-order valence-electron chi connectivity index (χ2n) is 6.66. The molecule has 1 atom stereocenters. The molecule has 0 aliphatic heterocycles. The standard InChI is InChI=1S/C23H19ClN2O2S/c1-16-4-11-22(12-17(16)2)29(3,28)26-23(27)20-13-19(14-25-15-20)6-5-18-7-9-21(24)10-8-18/h4,7-15H,1-3H3. The SMILES string of the molecule is Cc1ccc(S(C)(=O)=NC(=O)c2cncc(C#Cc3ccc(Cl)cc3)c2)cc1C. The van der Waals surface area contributed by atoms with Crippen LogP contribution < -0.4 is 0 Å². The summed E-state index contributed by atoms with van der Waals surface area (Å²) in [7, 11) is -2.87. The minimum Gasteiger partial charge on any atom is -0.266 e. The van der Waals surface area contributed by atoms with Crippen LogP contribution >= 0.6 is 11.6 Å². The van der Waals surface area contributed by atoms with Crippen molar-refractivity contribution in [2.45, 2.75) is 18.7 Å². The number of amides is 1. The molecular weight excluding hydrogens is 404 g/mol. The molecule has 1 heterocycles. The molecule has 3 rings (SSSR count). The molecule has 0 bridgehead atoms. The Bertz CT molecular complexity index is 1260. The first-order valence-electron chi connectivity index (χ1n) is 8.81. The van der Waals surface area contributed by atoms with E-state index in [0.29, 0.717) is 15.5 Å². The summed E-state index contributed by atoms with van der Waals surface area (Å²) in [4.78, 5) is 17.2. The molecule has 0 aliphatic rings. The fourth-order valence-corrected chi connectivity index (χ4v) is 3.89. The van der Waals surface area contributed by atoms with Crippen molar-refractivity contribution in [3.63, 3.8) is 0 Å². The van der Waals surface area contributed by atoms with Crippen molar-refractivity contribution in [1.82, 2.24) is 4.98 Å². The normalized spacial score (nSPS) is 12.4. The van der Waals surface area contributed by atoms with Crippen LogP contribution in [0, 0.1) is 25.7 Å². The zero-order valence-corrected chi connectivity index (χ0v) is 17.8. The third-order valence-electron chi connectivity index (χ3n) is 4.35. The second-order valence-corrected chi connectivity index (χ2v) is 9.36. The summed E-state index contributed by atoms with van der Waals surface area (Å²) in [6.45, 7) is 3.91. The van der Waals surface area contributed by atoms with Gasteiger partial charge in [-0.15, -0.1) is 0 Å². The molecule has 0 spiro atoms. The molecule has 0 aliphatic carbocycles. The molecule has 0 fully saturated rings. The van der Waals surface area contributed by atoms with Crippen molar-refractivity contribution in [2.75, 3.05) is 6.26 Å². The minimum atomic E-state index is -2.87. The third-order valence-corrected chi connectivity index (χ3v) is 6.25. The lowest BCUT2D eigenvalue weighted by atomic mass is 10.1. The average Bonchev–Trinajstić information content (AvgIpc) is 2.69. The van der Waals surface area contributed by atoms with Gasteiger partial charge in [-0.2, -0.15) is 4.36 Å². The number of hydrogen-bond donors (Lipinski definition) is 0. The number of carbonyl (C=O) groups excluding carboxylic acids is 1.